The van der Waals surface area contributed by atoms with Crippen LogP contribution >= 0.6 is 0 Å². The lowest BCUT2D eigenvalue weighted by Gasteiger charge is -2.16. The fourth-order valence-corrected chi connectivity index (χ4v) is 2.46. The summed E-state index contributed by atoms with van der Waals surface area (Å²) in [5.74, 6) is 0.177. The number of aliphatic hydroxyl groups excluding tert-OH is 2. The molecule has 0 bridgehead atoms. The van der Waals surface area contributed by atoms with E-state index in [2.05, 4.69) is 24.9 Å². The molecule has 1 aliphatic heterocycles. The molecule has 12 heteroatoms. The molecule has 0 radical (unpaired) electrons. The smallest absolute Gasteiger partial charge is 0.430 e. The zero-order valence-electron chi connectivity index (χ0n) is 14.0. The topological polar surface area (TPSA) is 167 Å². The van der Waals surface area contributed by atoms with E-state index in [1.54, 1.807) is 13.8 Å². The summed E-state index contributed by atoms with van der Waals surface area (Å²) in [6, 6.07) is 0. The summed E-state index contributed by atoms with van der Waals surface area (Å²) in [7, 11) is 0. The van der Waals surface area contributed by atoms with Crippen LogP contribution in [-0.4, -0.2) is 66.5 Å². The highest BCUT2D eigenvalue weighted by Crippen LogP contribution is 2.32. The molecule has 2 aromatic heterocycles. The number of hydrogen-bond donors (Lipinski definition) is 3. The average Bonchev–Trinajstić information content (AvgIpc) is 3.15. The molecule has 3 rings (SSSR count). The summed E-state index contributed by atoms with van der Waals surface area (Å²) >= 11 is 0. The number of aromatic nitrogens is 4. The number of hydrogen-bond acceptors (Lipinski definition) is 11. The second kappa shape index (κ2) is 7.19. The quantitative estimate of drug-likeness (QED) is 0.280. The van der Waals surface area contributed by atoms with Crippen molar-refractivity contribution in [1.82, 2.24) is 19.5 Å². The second-order valence-electron chi connectivity index (χ2n) is 5.82. The zero-order chi connectivity index (χ0) is 18.8. The normalized spacial score (nSPS) is 25.2. The number of nitrogens with two attached hydrogens (primary N) is 1. The van der Waals surface area contributed by atoms with Crippen molar-refractivity contribution < 1.29 is 29.3 Å². The van der Waals surface area contributed by atoms with Crippen molar-refractivity contribution in [3.05, 3.63) is 12.7 Å². The van der Waals surface area contributed by atoms with Gasteiger partial charge in [-0.2, -0.15) is 0 Å². The van der Waals surface area contributed by atoms with E-state index in [0.29, 0.717) is 16.9 Å². The monoisotopic (exact) mass is 366 g/mol. The minimum absolute atomic E-state index is 0.177. The molecule has 0 saturated carbocycles. The van der Waals surface area contributed by atoms with Gasteiger partial charge in [-0.3, -0.25) is 9.40 Å². The van der Waals surface area contributed by atoms with Crippen molar-refractivity contribution in [2.24, 2.45) is 5.16 Å². The molecule has 4 N–H and O–H groups in total. The fourth-order valence-electron chi connectivity index (χ4n) is 2.46. The van der Waals surface area contributed by atoms with Crippen LogP contribution < -0.4 is 5.73 Å². The highest BCUT2D eigenvalue weighted by molar-refractivity contribution is 5.81. The molecule has 26 heavy (non-hydrogen) atoms. The number of ether oxygens (including phenoxy) is 2. The number of carbonyl (C=O) groups excluding carboxylic acids is 1. The number of rotatable bonds is 4. The largest absolute Gasteiger partial charge is 0.535 e. The number of aliphatic hydroxyl groups is 2. The third-order valence-electron chi connectivity index (χ3n) is 3.67. The summed E-state index contributed by atoms with van der Waals surface area (Å²) in [5.41, 5.74) is 6.93. The van der Waals surface area contributed by atoms with Gasteiger partial charge in [0.1, 0.15) is 36.8 Å². The molecule has 0 aromatic carbocycles. The molecule has 3 heterocycles. The van der Waals surface area contributed by atoms with Crippen LogP contribution in [0.3, 0.4) is 0 Å². The highest BCUT2D eigenvalue weighted by atomic mass is 16.8. The number of nitrogen functional groups attached to an aromatic ring is 1. The van der Waals surface area contributed by atoms with Crippen molar-refractivity contribution in [2.75, 3.05) is 12.3 Å². The van der Waals surface area contributed by atoms with E-state index in [9.17, 15) is 15.0 Å². The molecule has 0 spiro atoms. The zero-order valence-corrected chi connectivity index (χ0v) is 14.0. The summed E-state index contributed by atoms with van der Waals surface area (Å²) in [6.45, 7) is 2.95. The minimum Gasteiger partial charge on any atom is -0.430 e. The third kappa shape index (κ3) is 3.42. The molecule has 2 unspecified atom stereocenters. The Hall–Kier alpha value is -2.83. The second-order valence-corrected chi connectivity index (χ2v) is 5.82. The van der Waals surface area contributed by atoms with Gasteiger partial charge in [0.15, 0.2) is 17.7 Å². The number of carbonyl (C=O) groups is 1. The van der Waals surface area contributed by atoms with Gasteiger partial charge in [0.05, 0.1) is 12.0 Å². The van der Waals surface area contributed by atoms with E-state index >= 15 is 0 Å². The molecular formula is C14H18N6O6. The van der Waals surface area contributed by atoms with Crippen LogP contribution in [0.4, 0.5) is 10.6 Å². The van der Waals surface area contributed by atoms with Gasteiger partial charge in [0.2, 0.25) is 0 Å². The molecule has 4 atom stereocenters. The first-order chi connectivity index (χ1) is 12.4. The van der Waals surface area contributed by atoms with Gasteiger partial charge in [-0.25, -0.2) is 19.7 Å². The van der Waals surface area contributed by atoms with Gasteiger partial charge in [-0.1, -0.05) is 5.16 Å². The Morgan fingerprint density at radius 2 is 2.12 bits per heavy atom. The average molecular weight is 366 g/mol. The summed E-state index contributed by atoms with van der Waals surface area (Å²) in [5, 5.41) is 23.9. The van der Waals surface area contributed by atoms with Crippen LogP contribution in [0.5, 0.6) is 0 Å². The minimum atomic E-state index is -1.30. The number of fused-ring (bicyclic) bond motifs is 1. The molecule has 1 saturated heterocycles. The van der Waals surface area contributed by atoms with Crippen molar-refractivity contribution in [3.8, 4) is 0 Å². The molecule has 12 nitrogen and oxygen atoms in total. The van der Waals surface area contributed by atoms with Gasteiger partial charge < -0.3 is 25.4 Å². The number of imidazole rings is 1. The van der Waals surface area contributed by atoms with Crippen molar-refractivity contribution in [3.63, 3.8) is 0 Å². The van der Waals surface area contributed by atoms with Gasteiger partial charge in [-0.05, 0) is 13.8 Å². The van der Waals surface area contributed by atoms with E-state index in [1.165, 1.54) is 17.2 Å². The fraction of sp³-hybridized carbons (Fsp3) is 0.500. The van der Waals surface area contributed by atoms with Crippen molar-refractivity contribution >= 4 is 28.8 Å². The Labute approximate surface area is 147 Å². The molecule has 1 fully saturated rings. The Bertz CT molecular complexity index is 834. The maximum atomic E-state index is 11.4. The molecule has 140 valence electrons. The van der Waals surface area contributed by atoms with Gasteiger partial charge in [0, 0.05) is 0 Å². The van der Waals surface area contributed by atoms with E-state index in [4.69, 9.17) is 15.2 Å². The Balaban J connectivity index is 1.70. The predicted octanol–water partition coefficient (Wildman–Crippen LogP) is -0.423. The van der Waals surface area contributed by atoms with E-state index in [0.717, 1.165) is 0 Å². The maximum absolute atomic E-state index is 11.4. The highest BCUT2D eigenvalue weighted by Gasteiger charge is 2.45. The van der Waals surface area contributed by atoms with Crippen LogP contribution in [0.2, 0.25) is 0 Å². The summed E-state index contributed by atoms with van der Waals surface area (Å²) < 4.78 is 11.9. The van der Waals surface area contributed by atoms with Crippen molar-refractivity contribution in [1.29, 1.82) is 0 Å². The summed E-state index contributed by atoms with van der Waals surface area (Å²) in [4.78, 5) is 27.9. The predicted molar refractivity (Wildman–Crippen MR) is 86.9 cm³/mol. The molecule has 0 aliphatic carbocycles. The van der Waals surface area contributed by atoms with E-state index < -0.39 is 30.7 Å². The third-order valence-corrected chi connectivity index (χ3v) is 3.67. The Kier molecular flexibility index (Phi) is 4.97. The van der Waals surface area contributed by atoms with E-state index in [-0.39, 0.29) is 12.4 Å². The molecule has 1 aliphatic rings. The number of oxime groups is 1. The van der Waals surface area contributed by atoms with Crippen LogP contribution in [0.15, 0.2) is 17.8 Å². The molecular weight excluding hydrogens is 348 g/mol. The van der Waals surface area contributed by atoms with Crippen LogP contribution in [-0.2, 0) is 14.3 Å². The Morgan fingerprint density at radius 3 is 2.85 bits per heavy atom. The van der Waals surface area contributed by atoms with Crippen LogP contribution in [0.25, 0.3) is 11.2 Å². The van der Waals surface area contributed by atoms with Gasteiger partial charge in [-0.15, -0.1) is 0 Å². The van der Waals surface area contributed by atoms with Crippen LogP contribution in [0, 0.1) is 0 Å². The molecule has 2 aromatic rings. The maximum Gasteiger partial charge on any atom is 0.535 e. The number of nitrogens with zero attached hydrogens (tertiary/aromatic N) is 5. The first-order valence-corrected chi connectivity index (χ1v) is 7.68. The standard InChI is InChI=1S/C14H18N6O6/c1-6(2)19-26-14(23)24-3-7-9(21)10(22)13(25-7)20-5-18-8-11(15)16-4-17-12(8)20/h4-5,7,9-10,13,21-22H,3H2,1-2H3,(H2,15,16,17)/t7-,9?,10?,13-/m1/s1. The Morgan fingerprint density at radius 1 is 1.35 bits per heavy atom. The lowest BCUT2D eigenvalue weighted by Crippen LogP contribution is -2.34. The van der Waals surface area contributed by atoms with Crippen molar-refractivity contribution in [2.45, 2.75) is 38.4 Å². The van der Waals surface area contributed by atoms with E-state index in [1.807, 2.05) is 0 Å². The number of anilines is 1. The SMILES string of the molecule is CC(C)=NOC(=O)OC[C@H]1O[C@@H](n2cnc3c(N)ncnc32)C(O)C1O. The lowest BCUT2D eigenvalue weighted by atomic mass is 10.1. The molecule has 0 amide bonds. The lowest BCUT2D eigenvalue weighted by molar-refractivity contribution is -0.0610. The van der Waals surface area contributed by atoms with Crippen LogP contribution in [0.1, 0.15) is 20.1 Å². The first kappa shape index (κ1) is 18.0. The van der Waals surface area contributed by atoms with Gasteiger partial charge >= 0.3 is 6.16 Å². The van der Waals surface area contributed by atoms with Gasteiger partial charge in [0.25, 0.3) is 0 Å². The first-order valence-electron chi connectivity index (χ1n) is 7.68. The summed E-state index contributed by atoms with van der Waals surface area (Å²) in [6.07, 6.45) is -3.01.